The number of carbonyl (C=O) groups is 1. The molecule has 4 bridgehead atoms. The number of rotatable bonds is 4. The molecule has 4 aliphatic carbocycles. The molecule has 3 heteroatoms. The lowest BCUT2D eigenvalue weighted by molar-refractivity contribution is -0.224. The molecule has 0 aliphatic heterocycles. The zero-order chi connectivity index (χ0) is 13.6. The van der Waals surface area contributed by atoms with Crippen LogP contribution in [0.2, 0.25) is 0 Å². The van der Waals surface area contributed by atoms with E-state index >= 15 is 0 Å². The fraction of sp³-hybridized carbons (Fsp3) is 0.938. The molecule has 4 fully saturated rings. The van der Waals surface area contributed by atoms with Gasteiger partial charge in [0, 0.05) is 5.75 Å². The summed E-state index contributed by atoms with van der Waals surface area (Å²) in [7, 11) is 0. The molecule has 108 valence electrons. The van der Waals surface area contributed by atoms with Crippen LogP contribution in [0.4, 0.5) is 0 Å². The van der Waals surface area contributed by atoms with E-state index in [1.165, 1.54) is 32.1 Å². The van der Waals surface area contributed by atoms with E-state index in [4.69, 9.17) is 4.74 Å². The maximum Gasteiger partial charge on any atom is 0.307 e. The molecule has 0 unspecified atom stereocenters. The fourth-order valence-corrected chi connectivity index (χ4v) is 5.67. The van der Waals surface area contributed by atoms with Crippen LogP contribution >= 0.6 is 12.6 Å². The van der Waals surface area contributed by atoms with Crippen LogP contribution in [0.3, 0.4) is 0 Å². The van der Waals surface area contributed by atoms with Crippen molar-refractivity contribution in [3.05, 3.63) is 0 Å². The highest BCUT2D eigenvalue weighted by Crippen LogP contribution is 2.61. The molecule has 0 amide bonds. The predicted octanol–water partition coefficient (Wildman–Crippen LogP) is 3.70. The maximum absolute atomic E-state index is 12.1. The first-order chi connectivity index (χ1) is 9.06. The number of hydrogen-bond acceptors (Lipinski definition) is 3. The van der Waals surface area contributed by atoms with Crippen molar-refractivity contribution in [3.8, 4) is 0 Å². The van der Waals surface area contributed by atoms with Crippen molar-refractivity contribution in [2.45, 2.75) is 58.0 Å². The SMILES string of the molecule is CC(C)C1(OC(=O)CCS)C2CC3CC(C2)CC1C3. The van der Waals surface area contributed by atoms with Crippen molar-refractivity contribution in [1.82, 2.24) is 0 Å². The third kappa shape index (κ3) is 2.12. The van der Waals surface area contributed by atoms with E-state index in [0.29, 0.717) is 29.9 Å². The molecule has 0 aromatic heterocycles. The van der Waals surface area contributed by atoms with Crippen molar-refractivity contribution in [2.75, 3.05) is 5.75 Å². The number of carbonyl (C=O) groups excluding carboxylic acids is 1. The Bertz CT molecular complexity index is 336. The average molecular weight is 282 g/mol. The molecular weight excluding hydrogens is 256 g/mol. The van der Waals surface area contributed by atoms with Crippen molar-refractivity contribution in [1.29, 1.82) is 0 Å². The van der Waals surface area contributed by atoms with Gasteiger partial charge in [0.25, 0.3) is 0 Å². The van der Waals surface area contributed by atoms with E-state index in [9.17, 15) is 4.79 Å². The van der Waals surface area contributed by atoms with Gasteiger partial charge in [0.1, 0.15) is 5.60 Å². The Morgan fingerprint density at radius 1 is 1.16 bits per heavy atom. The molecule has 0 radical (unpaired) electrons. The van der Waals surface area contributed by atoms with Gasteiger partial charge >= 0.3 is 5.97 Å². The van der Waals surface area contributed by atoms with E-state index in [0.717, 1.165) is 11.8 Å². The van der Waals surface area contributed by atoms with Crippen LogP contribution in [-0.2, 0) is 9.53 Å². The highest BCUT2D eigenvalue weighted by atomic mass is 32.1. The summed E-state index contributed by atoms with van der Waals surface area (Å²) < 4.78 is 6.13. The minimum Gasteiger partial charge on any atom is -0.458 e. The topological polar surface area (TPSA) is 26.3 Å². The van der Waals surface area contributed by atoms with Crippen LogP contribution in [0.15, 0.2) is 0 Å². The summed E-state index contributed by atoms with van der Waals surface area (Å²) in [4.78, 5) is 12.1. The van der Waals surface area contributed by atoms with Crippen LogP contribution < -0.4 is 0 Å². The minimum atomic E-state index is -0.159. The molecule has 4 saturated carbocycles. The lowest BCUT2D eigenvalue weighted by atomic mass is 9.47. The van der Waals surface area contributed by atoms with Crippen LogP contribution in [0, 0.1) is 29.6 Å². The second kappa shape index (κ2) is 4.98. The summed E-state index contributed by atoms with van der Waals surface area (Å²) in [5.41, 5.74) is -0.159. The lowest BCUT2D eigenvalue weighted by Gasteiger charge is -2.61. The Labute approximate surface area is 122 Å². The highest BCUT2D eigenvalue weighted by molar-refractivity contribution is 7.80. The first kappa shape index (κ1) is 13.8. The lowest BCUT2D eigenvalue weighted by Crippen LogP contribution is -2.62. The zero-order valence-corrected chi connectivity index (χ0v) is 13.0. The van der Waals surface area contributed by atoms with Crippen LogP contribution in [0.1, 0.15) is 52.4 Å². The van der Waals surface area contributed by atoms with Crippen molar-refractivity contribution in [2.24, 2.45) is 29.6 Å². The van der Waals surface area contributed by atoms with Gasteiger partial charge in [0.15, 0.2) is 0 Å². The summed E-state index contributed by atoms with van der Waals surface area (Å²) in [6.45, 7) is 4.49. The fourth-order valence-electron chi connectivity index (χ4n) is 5.49. The van der Waals surface area contributed by atoms with Crippen molar-refractivity contribution < 1.29 is 9.53 Å². The zero-order valence-electron chi connectivity index (χ0n) is 12.1. The number of thiol groups is 1. The largest absolute Gasteiger partial charge is 0.458 e. The van der Waals surface area contributed by atoms with Gasteiger partial charge in [-0.15, -0.1) is 0 Å². The first-order valence-corrected chi connectivity index (χ1v) is 8.52. The minimum absolute atomic E-state index is 0.0313. The number of ether oxygens (including phenoxy) is 1. The van der Waals surface area contributed by atoms with E-state index in [-0.39, 0.29) is 11.6 Å². The molecule has 4 rings (SSSR count). The Morgan fingerprint density at radius 3 is 2.11 bits per heavy atom. The smallest absolute Gasteiger partial charge is 0.307 e. The highest BCUT2D eigenvalue weighted by Gasteiger charge is 2.60. The molecule has 19 heavy (non-hydrogen) atoms. The van der Waals surface area contributed by atoms with Gasteiger partial charge in [-0.05, 0) is 61.7 Å². The summed E-state index contributed by atoms with van der Waals surface area (Å²) in [6.07, 6.45) is 7.05. The summed E-state index contributed by atoms with van der Waals surface area (Å²) in [5, 5.41) is 0. The predicted molar refractivity (Wildman–Crippen MR) is 79.2 cm³/mol. The first-order valence-electron chi connectivity index (χ1n) is 7.89. The molecule has 0 saturated heterocycles. The normalized spacial score (nSPS) is 43.8. The molecule has 0 aromatic rings. The molecule has 0 heterocycles. The van der Waals surface area contributed by atoms with Gasteiger partial charge in [-0.25, -0.2) is 0 Å². The van der Waals surface area contributed by atoms with E-state index in [1.54, 1.807) is 0 Å². The van der Waals surface area contributed by atoms with Crippen LogP contribution in [0.5, 0.6) is 0 Å². The molecule has 0 atom stereocenters. The van der Waals surface area contributed by atoms with Crippen molar-refractivity contribution >= 4 is 18.6 Å². The summed E-state index contributed by atoms with van der Waals surface area (Å²) in [5.74, 6) is 4.06. The average Bonchev–Trinajstić information content (AvgIpc) is 2.33. The van der Waals surface area contributed by atoms with Crippen LogP contribution in [-0.4, -0.2) is 17.3 Å². The third-order valence-electron chi connectivity index (χ3n) is 5.92. The van der Waals surface area contributed by atoms with Crippen molar-refractivity contribution in [3.63, 3.8) is 0 Å². The molecule has 0 aromatic carbocycles. The monoisotopic (exact) mass is 282 g/mol. The second-order valence-electron chi connectivity index (χ2n) is 7.26. The molecule has 4 aliphatic rings. The molecular formula is C16H26O2S. The third-order valence-corrected chi connectivity index (χ3v) is 6.15. The van der Waals surface area contributed by atoms with E-state index in [2.05, 4.69) is 26.5 Å². The standard InChI is InChI=1S/C16H26O2S/c1-10(2)16(18-15(17)3-4-19)13-6-11-5-12(8-13)9-14(16)7-11/h10-14,19H,3-9H2,1-2H3. The number of esters is 1. The Kier molecular flexibility index (Phi) is 3.61. The van der Waals surface area contributed by atoms with Gasteiger partial charge in [0.2, 0.25) is 0 Å². The Morgan fingerprint density at radius 2 is 1.68 bits per heavy atom. The van der Waals surface area contributed by atoms with Gasteiger partial charge in [0.05, 0.1) is 6.42 Å². The van der Waals surface area contributed by atoms with Gasteiger partial charge in [-0.3, -0.25) is 4.79 Å². The second-order valence-corrected chi connectivity index (χ2v) is 7.71. The van der Waals surface area contributed by atoms with Gasteiger partial charge in [-0.2, -0.15) is 12.6 Å². The summed E-state index contributed by atoms with van der Waals surface area (Å²) in [6, 6.07) is 0. The maximum atomic E-state index is 12.1. The molecule has 0 N–H and O–H groups in total. The van der Waals surface area contributed by atoms with Gasteiger partial charge < -0.3 is 4.74 Å². The van der Waals surface area contributed by atoms with E-state index in [1.807, 2.05) is 0 Å². The number of hydrogen-bond donors (Lipinski definition) is 1. The van der Waals surface area contributed by atoms with Crippen LogP contribution in [0.25, 0.3) is 0 Å². The Balaban J connectivity index is 1.86. The summed E-state index contributed by atoms with van der Waals surface area (Å²) >= 11 is 4.16. The quantitative estimate of drug-likeness (QED) is 0.628. The molecule has 2 nitrogen and oxygen atoms in total. The van der Waals surface area contributed by atoms with Gasteiger partial charge in [-0.1, -0.05) is 13.8 Å². The molecule has 0 spiro atoms. The van der Waals surface area contributed by atoms with E-state index < -0.39 is 0 Å². The Hall–Kier alpha value is -0.180.